The maximum Gasteiger partial charge on any atom is 0.329 e. The van der Waals surface area contributed by atoms with Gasteiger partial charge in [-0.1, -0.05) is 109 Å². The van der Waals surface area contributed by atoms with Gasteiger partial charge in [0.05, 0.1) is 0 Å². The number of hydrogen-bond donors (Lipinski definition) is 0. The minimum atomic E-state index is 0.126. The van der Waals surface area contributed by atoms with E-state index < -0.39 is 0 Å². The Morgan fingerprint density at radius 2 is 0.675 bits per heavy atom. The predicted molar refractivity (Wildman–Crippen MR) is 170 cm³/mol. The van der Waals surface area contributed by atoms with Crippen LogP contribution in [0.25, 0.3) is 33.4 Å². The molecule has 6 aromatic rings. The molecule has 0 aliphatic carbocycles. The third kappa shape index (κ3) is 2.40. The summed E-state index contributed by atoms with van der Waals surface area (Å²) >= 11 is 0. The molecule has 182 valence electrons. The molecule has 6 aromatic carbocycles. The first kappa shape index (κ1) is 20.9. The summed E-state index contributed by atoms with van der Waals surface area (Å²) in [5.41, 5.74) is 18.7. The molecule has 0 N–H and O–H groups in total. The van der Waals surface area contributed by atoms with E-state index in [1.807, 2.05) is 0 Å². The summed E-state index contributed by atoms with van der Waals surface area (Å²) in [5, 5.41) is 0. The van der Waals surface area contributed by atoms with Gasteiger partial charge in [0, 0.05) is 39.4 Å². The molecule has 4 aliphatic rings. The second-order valence-electron chi connectivity index (χ2n) is 11.2. The van der Waals surface area contributed by atoms with Crippen LogP contribution in [0.15, 0.2) is 133 Å². The van der Waals surface area contributed by atoms with Crippen LogP contribution in [-0.4, -0.2) is 13.7 Å². The minimum Gasteiger partial charge on any atom is -0.376 e. The van der Waals surface area contributed by atoms with Crippen molar-refractivity contribution in [3.8, 4) is 33.4 Å². The van der Waals surface area contributed by atoms with E-state index in [1.165, 1.54) is 78.0 Å². The van der Waals surface area contributed by atoms with Gasteiger partial charge < -0.3 is 9.62 Å². The number of para-hydroxylation sites is 2. The summed E-state index contributed by atoms with van der Waals surface area (Å²) in [6.45, 7) is 0.253. The molecule has 4 heterocycles. The average Bonchev–Trinajstić information content (AvgIpc) is 3.03. The number of rotatable bonds is 0. The Bertz CT molecular complexity index is 1780. The van der Waals surface area contributed by atoms with Gasteiger partial charge >= 0.3 is 13.7 Å². The monoisotopic (exact) mass is 504 g/mol. The van der Waals surface area contributed by atoms with Crippen molar-refractivity contribution in [1.82, 2.24) is 0 Å². The van der Waals surface area contributed by atoms with Crippen LogP contribution in [0.2, 0.25) is 0 Å². The molecule has 0 saturated carbocycles. The van der Waals surface area contributed by atoms with E-state index >= 15 is 0 Å². The Hall–Kier alpha value is -4.95. The highest BCUT2D eigenvalue weighted by atomic mass is 15.1. The van der Waals surface area contributed by atoms with Crippen molar-refractivity contribution in [2.45, 2.75) is 0 Å². The van der Waals surface area contributed by atoms with E-state index in [1.54, 1.807) is 0 Å². The Labute approximate surface area is 234 Å². The van der Waals surface area contributed by atoms with Gasteiger partial charge in [-0.15, -0.1) is 0 Å². The van der Waals surface area contributed by atoms with Gasteiger partial charge in [-0.3, -0.25) is 0 Å². The minimum absolute atomic E-state index is 0.126. The third-order valence-electron chi connectivity index (χ3n) is 9.44. The van der Waals surface area contributed by atoms with Crippen molar-refractivity contribution in [2.75, 3.05) is 9.62 Å². The van der Waals surface area contributed by atoms with Gasteiger partial charge in [0.1, 0.15) is 0 Å². The fourth-order valence-corrected chi connectivity index (χ4v) is 8.01. The second-order valence-corrected chi connectivity index (χ2v) is 11.2. The van der Waals surface area contributed by atoms with Crippen molar-refractivity contribution in [2.24, 2.45) is 0 Å². The zero-order chi connectivity index (χ0) is 25.9. The molecule has 0 amide bonds. The van der Waals surface area contributed by atoms with Gasteiger partial charge in [-0.05, 0) is 62.8 Å². The van der Waals surface area contributed by atoms with E-state index in [9.17, 15) is 0 Å². The van der Waals surface area contributed by atoms with Crippen molar-refractivity contribution in [3.05, 3.63) is 133 Å². The van der Waals surface area contributed by atoms with E-state index in [0.717, 1.165) is 0 Å². The highest BCUT2D eigenvalue weighted by Crippen LogP contribution is 2.52. The number of hydrogen-bond acceptors (Lipinski definition) is 2. The molecule has 0 fully saturated rings. The molecule has 4 heteroatoms. The normalized spacial score (nSPS) is 14.3. The lowest BCUT2D eigenvalue weighted by Gasteiger charge is -2.49. The second kappa shape index (κ2) is 7.37. The number of fused-ring (bicyclic) bond motifs is 16. The van der Waals surface area contributed by atoms with Crippen molar-refractivity contribution >= 4 is 58.3 Å². The van der Waals surface area contributed by atoms with E-state index in [-0.39, 0.29) is 13.7 Å². The van der Waals surface area contributed by atoms with Crippen molar-refractivity contribution in [1.29, 1.82) is 0 Å². The third-order valence-corrected chi connectivity index (χ3v) is 9.44. The number of nitrogens with zero attached hydrogens (tertiary/aromatic N) is 2. The van der Waals surface area contributed by atoms with Gasteiger partial charge in [0.15, 0.2) is 0 Å². The van der Waals surface area contributed by atoms with Crippen molar-refractivity contribution < 1.29 is 0 Å². The fourth-order valence-electron chi connectivity index (χ4n) is 8.01. The van der Waals surface area contributed by atoms with Crippen LogP contribution < -0.4 is 31.5 Å². The molecule has 0 bridgehead atoms. The Kier molecular flexibility index (Phi) is 3.86. The molecule has 0 atom stereocenters. The summed E-state index contributed by atoms with van der Waals surface area (Å²) in [4.78, 5) is 5.21. The molecular weight excluding hydrogens is 482 g/mol. The predicted octanol–water partition coefficient (Wildman–Crippen LogP) is 5.83. The topological polar surface area (TPSA) is 6.48 Å². The SMILES string of the molecule is c1ccc2c(c1)B1c3cccc4c3-c3c(cccc3N3B4c4ccccc4-c4ccccc43)N1c1ccccc1-2. The fraction of sp³-hybridized carbons (Fsp3) is 0. The van der Waals surface area contributed by atoms with Crippen LogP contribution in [0.3, 0.4) is 0 Å². The first-order chi connectivity index (χ1) is 19.9. The van der Waals surface area contributed by atoms with Gasteiger partial charge in [0.25, 0.3) is 0 Å². The van der Waals surface area contributed by atoms with Crippen LogP contribution in [0.4, 0.5) is 22.7 Å². The maximum absolute atomic E-state index is 2.60. The zero-order valence-electron chi connectivity index (χ0n) is 21.8. The molecule has 0 saturated heterocycles. The molecule has 2 nitrogen and oxygen atoms in total. The smallest absolute Gasteiger partial charge is 0.329 e. The highest BCUT2D eigenvalue weighted by molar-refractivity contribution is 6.97. The molecule has 4 aliphatic heterocycles. The first-order valence-corrected chi connectivity index (χ1v) is 14.1. The molecule has 0 unspecified atom stereocenters. The summed E-state index contributed by atoms with van der Waals surface area (Å²) in [5.74, 6) is 0. The van der Waals surface area contributed by atoms with E-state index in [0.29, 0.717) is 0 Å². The van der Waals surface area contributed by atoms with Gasteiger partial charge in [-0.2, -0.15) is 0 Å². The Balaban J connectivity index is 1.35. The maximum atomic E-state index is 2.60. The molecule has 0 radical (unpaired) electrons. The lowest BCUT2D eigenvalue weighted by molar-refractivity contribution is 1.30. The summed E-state index contributed by atoms with van der Waals surface area (Å²) in [6.07, 6.45) is 0. The average molecular weight is 504 g/mol. The van der Waals surface area contributed by atoms with Crippen LogP contribution in [0.1, 0.15) is 0 Å². The van der Waals surface area contributed by atoms with E-state index in [4.69, 9.17) is 0 Å². The van der Waals surface area contributed by atoms with Gasteiger partial charge in [0.2, 0.25) is 0 Å². The molecule has 10 rings (SSSR count). The van der Waals surface area contributed by atoms with E-state index in [2.05, 4.69) is 143 Å². The lowest BCUT2D eigenvalue weighted by Crippen LogP contribution is -2.65. The van der Waals surface area contributed by atoms with Crippen molar-refractivity contribution in [3.63, 3.8) is 0 Å². The summed E-state index contributed by atoms with van der Waals surface area (Å²) < 4.78 is 0. The number of anilines is 4. The number of benzene rings is 6. The van der Waals surface area contributed by atoms with Crippen LogP contribution >= 0.6 is 0 Å². The molecule has 0 aromatic heterocycles. The zero-order valence-corrected chi connectivity index (χ0v) is 21.8. The quantitative estimate of drug-likeness (QED) is 0.241. The highest BCUT2D eigenvalue weighted by Gasteiger charge is 2.49. The molecule has 0 spiro atoms. The standard InChI is InChI=1S/C36H22B2N2/c1-5-15-27-23(11-1)25-13-3-7-19-31(25)39-33-21-10-22-34-36(33)35-29(37(27)39)17-9-18-30(35)38-28-16-6-2-12-24(28)26-14-4-8-20-32(26)40(34)38/h1-22H. The van der Waals surface area contributed by atoms with Crippen LogP contribution in [-0.2, 0) is 0 Å². The largest absolute Gasteiger partial charge is 0.376 e. The Morgan fingerprint density at radius 3 is 1.20 bits per heavy atom. The molecular formula is C36H22B2N2. The Morgan fingerprint density at radius 1 is 0.300 bits per heavy atom. The lowest BCUT2D eigenvalue weighted by atomic mass is 9.37. The van der Waals surface area contributed by atoms with Gasteiger partial charge in [-0.25, -0.2) is 0 Å². The van der Waals surface area contributed by atoms with Crippen LogP contribution in [0.5, 0.6) is 0 Å². The summed E-state index contributed by atoms with van der Waals surface area (Å²) in [7, 11) is 0. The first-order valence-electron chi connectivity index (χ1n) is 14.1. The molecule has 40 heavy (non-hydrogen) atoms. The summed E-state index contributed by atoms with van der Waals surface area (Å²) in [6, 6.07) is 49.8. The van der Waals surface area contributed by atoms with Crippen LogP contribution in [0, 0.1) is 0 Å².